The second-order valence-corrected chi connectivity index (χ2v) is 3.87. The number of benzene rings is 1. The van der Waals surface area contributed by atoms with Crippen molar-refractivity contribution < 1.29 is 18.0 Å². The third kappa shape index (κ3) is 2.54. The van der Waals surface area contributed by atoms with Crippen molar-refractivity contribution in [2.24, 2.45) is 4.99 Å². The average molecular weight is 241 g/mol. The minimum Gasteiger partial charge on any atom is -0.262 e. The standard InChI is InChI=1S/C12H10F3NO/c13-12(14,15)11(17)16-10-7-3-5-8-4-1-2-6-9(8)10/h1-2,4,6H,3,5,7H2. The molecule has 17 heavy (non-hydrogen) atoms. The normalized spacial score (nSPS) is 17.9. The minimum atomic E-state index is -4.89. The molecule has 0 aromatic heterocycles. The lowest BCUT2D eigenvalue weighted by Gasteiger charge is -2.17. The molecule has 1 aliphatic carbocycles. The van der Waals surface area contributed by atoms with Gasteiger partial charge in [0.25, 0.3) is 0 Å². The first-order chi connectivity index (χ1) is 7.98. The zero-order valence-corrected chi connectivity index (χ0v) is 8.92. The lowest BCUT2D eigenvalue weighted by molar-refractivity contribution is -0.169. The maximum Gasteiger partial charge on any atom is 0.473 e. The monoisotopic (exact) mass is 241 g/mol. The lowest BCUT2D eigenvalue weighted by Crippen LogP contribution is -2.23. The van der Waals surface area contributed by atoms with Crippen LogP contribution in [0.4, 0.5) is 13.2 Å². The van der Waals surface area contributed by atoms with E-state index in [9.17, 15) is 18.0 Å². The van der Waals surface area contributed by atoms with Crippen LogP contribution in [0.1, 0.15) is 24.0 Å². The molecule has 1 amide bonds. The quantitative estimate of drug-likeness (QED) is 0.686. The van der Waals surface area contributed by atoms with E-state index in [1.165, 1.54) is 0 Å². The van der Waals surface area contributed by atoms with Gasteiger partial charge in [-0.05, 0) is 30.4 Å². The summed E-state index contributed by atoms with van der Waals surface area (Å²) in [7, 11) is 0. The number of rotatable bonds is 0. The summed E-state index contributed by atoms with van der Waals surface area (Å²) in [6.07, 6.45) is -2.94. The van der Waals surface area contributed by atoms with Crippen molar-refractivity contribution in [1.29, 1.82) is 0 Å². The maximum absolute atomic E-state index is 12.1. The zero-order valence-electron chi connectivity index (χ0n) is 8.92. The molecule has 90 valence electrons. The molecule has 2 nitrogen and oxygen atoms in total. The molecule has 2 rings (SSSR count). The van der Waals surface area contributed by atoms with E-state index in [0.29, 0.717) is 12.0 Å². The number of fused-ring (bicyclic) bond motifs is 1. The summed E-state index contributed by atoms with van der Waals surface area (Å²) in [5.74, 6) is -2.02. The van der Waals surface area contributed by atoms with E-state index in [2.05, 4.69) is 4.99 Å². The van der Waals surface area contributed by atoms with Crippen LogP contribution < -0.4 is 0 Å². The van der Waals surface area contributed by atoms with Gasteiger partial charge in [-0.1, -0.05) is 24.3 Å². The minimum absolute atomic E-state index is 0.245. The number of halogens is 3. The molecule has 5 heteroatoms. The van der Waals surface area contributed by atoms with E-state index in [1.54, 1.807) is 12.1 Å². The number of hydrogen-bond donors (Lipinski definition) is 0. The SMILES string of the molecule is O=C(N=C1CCCc2ccccc21)C(F)(F)F. The Kier molecular flexibility index (Phi) is 3.00. The second-order valence-electron chi connectivity index (χ2n) is 3.87. The molecule has 0 atom stereocenters. The molecule has 0 saturated carbocycles. The predicted molar refractivity (Wildman–Crippen MR) is 57.0 cm³/mol. The summed E-state index contributed by atoms with van der Waals surface area (Å²) in [6, 6.07) is 7.12. The lowest BCUT2D eigenvalue weighted by atomic mass is 9.90. The largest absolute Gasteiger partial charge is 0.473 e. The number of aliphatic imine (C=N–C) groups is 1. The van der Waals surface area contributed by atoms with Crippen LogP contribution in [0.15, 0.2) is 29.3 Å². The number of alkyl halides is 3. The van der Waals surface area contributed by atoms with E-state index in [0.717, 1.165) is 18.4 Å². The van der Waals surface area contributed by atoms with Crippen molar-refractivity contribution in [3.05, 3.63) is 35.4 Å². The van der Waals surface area contributed by atoms with Crippen LogP contribution in [0.5, 0.6) is 0 Å². The molecule has 0 saturated heterocycles. The molecule has 0 aliphatic heterocycles. The molecule has 0 spiro atoms. The van der Waals surface area contributed by atoms with Crippen molar-refractivity contribution in [3.63, 3.8) is 0 Å². The van der Waals surface area contributed by atoms with Gasteiger partial charge in [-0.15, -0.1) is 0 Å². The average Bonchev–Trinajstić information content (AvgIpc) is 2.28. The predicted octanol–water partition coefficient (Wildman–Crippen LogP) is 2.90. The van der Waals surface area contributed by atoms with E-state index in [4.69, 9.17) is 0 Å². The van der Waals surface area contributed by atoms with Gasteiger partial charge in [0.2, 0.25) is 0 Å². The Morgan fingerprint density at radius 1 is 1.18 bits per heavy atom. The Morgan fingerprint density at radius 3 is 2.59 bits per heavy atom. The highest BCUT2D eigenvalue weighted by molar-refractivity contribution is 6.08. The van der Waals surface area contributed by atoms with Crippen LogP contribution >= 0.6 is 0 Å². The van der Waals surface area contributed by atoms with E-state index in [-0.39, 0.29) is 5.71 Å². The van der Waals surface area contributed by atoms with Crippen LogP contribution in [0.2, 0.25) is 0 Å². The van der Waals surface area contributed by atoms with Crippen molar-refractivity contribution in [3.8, 4) is 0 Å². The van der Waals surface area contributed by atoms with Gasteiger partial charge in [0.1, 0.15) is 0 Å². The number of carbonyl (C=O) groups is 1. The number of carbonyl (C=O) groups excluding carboxylic acids is 1. The summed E-state index contributed by atoms with van der Waals surface area (Å²) < 4.78 is 36.4. The van der Waals surface area contributed by atoms with Crippen LogP contribution in [0, 0.1) is 0 Å². The highest BCUT2D eigenvalue weighted by Crippen LogP contribution is 2.23. The third-order valence-electron chi connectivity index (χ3n) is 2.67. The highest BCUT2D eigenvalue weighted by atomic mass is 19.4. The number of amides is 1. The van der Waals surface area contributed by atoms with Crippen LogP contribution in [0.25, 0.3) is 0 Å². The Labute approximate surface area is 96.2 Å². The van der Waals surface area contributed by atoms with E-state index < -0.39 is 12.1 Å². The molecule has 1 aromatic rings. The smallest absolute Gasteiger partial charge is 0.262 e. The molecule has 0 radical (unpaired) electrons. The molecular formula is C12H10F3NO. The van der Waals surface area contributed by atoms with E-state index >= 15 is 0 Å². The number of aryl methyl sites for hydroxylation is 1. The van der Waals surface area contributed by atoms with Gasteiger partial charge in [0.15, 0.2) is 0 Å². The molecule has 0 fully saturated rings. The summed E-state index contributed by atoms with van der Waals surface area (Å²) in [4.78, 5) is 14.0. The van der Waals surface area contributed by atoms with Crippen molar-refractivity contribution in [1.82, 2.24) is 0 Å². The highest BCUT2D eigenvalue weighted by Gasteiger charge is 2.39. The number of nitrogens with zero attached hydrogens (tertiary/aromatic N) is 1. The van der Waals surface area contributed by atoms with E-state index in [1.807, 2.05) is 12.1 Å². The fraction of sp³-hybridized carbons (Fsp3) is 0.333. The Hall–Kier alpha value is -1.65. The first-order valence-electron chi connectivity index (χ1n) is 5.25. The maximum atomic E-state index is 12.1. The van der Waals surface area contributed by atoms with Crippen LogP contribution in [-0.2, 0) is 11.2 Å². The summed E-state index contributed by atoms with van der Waals surface area (Å²) >= 11 is 0. The van der Waals surface area contributed by atoms with Crippen molar-refractivity contribution in [2.75, 3.05) is 0 Å². The van der Waals surface area contributed by atoms with Gasteiger partial charge in [-0.2, -0.15) is 13.2 Å². The summed E-state index contributed by atoms with van der Waals surface area (Å²) in [5, 5.41) is 0. The summed E-state index contributed by atoms with van der Waals surface area (Å²) in [6.45, 7) is 0. The second kappa shape index (κ2) is 4.31. The topological polar surface area (TPSA) is 29.4 Å². The molecule has 0 bridgehead atoms. The van der Waals surface area contributed by atoms with Gasteiger partial charge >= 0.3 is 12.1 Å². The Balaban J connectivity index is 2.36. The van der Waals surface area contributed by atoms with Crippen molar-refractivity contribution in [2.45, 2.75) is 25.4 Å². The third-order valence-corrected chi connectivity index (χ3v) is 2.67. The molecule has 1 aromatic carbocycles. The fourth-order valence-electron chi connectivity index (χ4n) is 1.90. The molecule has 0 heterocycles. The summed E-state index contributed by atoms with van der Waals surface area (Å²) in [5.41, 5.74) is 1.86. The van der Waals surface area contributed by atoms with Gasteiger partial charge < -0.3 is 0 Å². The van der Waals surface area contributed by atoms with Crippen LogP contribution in [0.3, 0.4) is 0 Å². The Morgan fingerprint density at radius 2 is 1.88 bits per heavy atom. The first kappa shape index (κ1) is 11.8. The fourth-order valence-corrected chi connectivity index (χ4v) is 1.90. The molecule has 0 N–H and O–H groups in total. The number of hydrogen-bond acceptors (Lipinski definition) is 1. The molecular weight excluding hydrogens is 231 g/mol. The Bertz CT molecular complexity index is 477. The zero-order chi connectivity index (χ0) is 12.5. The van der Waals surface area contributed by atoms with Crippen LogP contribution in [-0.4, -0.2) is 17.8 Å². The van der Waals surface area contributed by atoms with Gasteiger partial charge in [-0.3, -0.25) is 4.79 Å². The van der Waals surface area contributed by atoms with Gasteiger partial charge in [-0.25, -0.2) is 4.99 Å². The molecule has 0 unspecified atom stereocenters. The van der Waals surface area contributed by atoms with Gasteiger partial charge in [0, 0.05) is 0 Å². The molecule has 1 aliphatic rings. The first-order valence-corrected chi connectivity index (χ1v) is 5.25. The van der Waals surface area contributed by atoms with Crippen molar-refractivity contribution >= 4 is 11.6 Å². The van der Waals surface area contributed by atoms with Gasteiger partial charge in [0.05, 0.1) is 5.71 Å².